The van der Waals surface area contributed by atoms with Gasteiger partial charge in [0.05, 0.1) is 25.4 Å². The predicted octanol–water partition coefficient (Wildman–Crippen LogP) is 8.38. The van der Waals surface area contributed by atoms with Crippen molar-refractivity contribution in [2.45, 2.75) is 185 Å². The summed E-state index contributed by atoms with van der Waals surface area (Å²) in [6.07, 6.45) is 41.8. The average molecular weight is 772 g/mol. The van der Waals surface area contributed by atoms with E-state index in [0.717, 1.165) is 89.9 Å². The number of hydrogen-bond donors (Lipinski definition) is 6. The number of carbonyl (C=O) groups excluding carboxylic acids is 1. The van der Waals surface area contributed by atoms with Crippen LogP contribution < -0.4 is 5.32 Å². The zero-order valence-electron chi connectivity index (χ0n) is 34.1. The van der Waals surface area contributed by atoms with Crippen molar-refractivity contribution in [3.05, 3.63) is 85.1 Å². The molecule has 0 aromatic rings. The second-order valence-electron chi connectivity index (χ2n) is 14.4. The van der Waals surface area contributed by atoms with Gasteiger partial charge in [0.15, 0.2) is 6.29 Å². The minimum atomic E-state index is -1.56. The van der Waals surface area contributed by atoms with Crippen molar-refractivity contribution in [1.82, 2.24) is 5.32 Å². The molecule has 0 bridgehead atoms. The highest BCUT2D eigenvalue weighted by atomic mass is 16.7. The monoisotopic (exact) mass is 772 g/mol. The minimum absolute atomic E-state index is 0.159. The van der Waals surface area contributed by atoms with Crippen molar-refractivity contribution in [3.8, 4) is 0 Å². The van der Waals surface area contributed by atoms with Gasteiger partial charge in [0.25, 0.3) is 0 Å². The van der Waals surface area contributed by atoms with Crippen LogP contribution in [0.2, 0.25) is 0 Å². The molecule has 0 spiro atoms. The van der Waals surface area contributed by atoms with Crippen LogP contribution in [0.5, 0.6) is 0 Å². The standard InChI is InChI=1S/C46H77NO8/c1-3-5-7-9-11-12-13-14-15-16-17-18-19-20-21-22-23-24-25-26-27-28-30-32-34-36-42(50)47-39(40(49)35-33-31-29-10-8-6-4-2)38-54-46-45(53)44(52)43(51)41(37-48)55-46/h5,7,11-12,14-15,17-18,20-21,23-24,26-27,39-41,43-46,48-49,51-53H,3-4,6,8-10,13,16,19,22,25,28-38H2,1-2H3,(H,47,50)/b7-5-,12-11-,15-14-,18-17-,21-20-,24-23-,27-26-. The number of allylic oxidation sites excluding steroid dienone is 14. The van der Waals surface area contributed by atoms with E-state index >= 15 is 0 Å². The largest absolute Gasteiger partial charge is 0.394 e. The van der Waals surface area contributed by atoms with E-state index in [1.807, 2.05) is 0 Å². The molecule has 6 N–H and O–H groups in total. The number of aliphatic hydroxyl groups is 5. The van der Waals surface area contributed by atoms with Crippen LogP contribution in [0.25, 0.3) is 0 Å². The molecule has 1 amide bonds. The van der Waals surface area contributed by atoms with Crippen LogP contribution in [0, 0.1) is 0 Å². The Labute approximate surface area is 333 Å². The highest BCUT2D eigenvalue weighted by molar-refractivity contribution is 5.76. The van der Waals surface area contributed by atoms with Gasteiger partial charge in [-0.25, -0.2) is 0 Å². The fraction of sp³-hybridized carbons (Fsp3) is 0.674. The van der Waals surface area contributed by atoms with Crippen LogP contribution in [0.15, 0.2) is 85.1 Å². The van der Waals surface area contributed by atoms with E-state index in [1.54, 1.807) is 0 Å². The number of amides is 1. The van der Waals surface area contributed by atoms with Crippen LogP contribution in [0.1, 0.15) is 142 Å². The van der Waals surface area contributed by atoms with Crippen molar-refractivity contribution in [2.75, 3.05) is 13.2 Å². The quantitative estimate of drug-likeness (QED) is 0.0288. The SMILES string of the molecule is CC/C=C\C/C=C\C/C=C\C/C=C\C/C=C\C/C=C\C/C=C\CCCCCC(=O)NC(COC1OC(CO)C(O)C(O)C1O)C(O)CCCCCCCCC. The van der Waals surface area contributed by atoms with Gasteiger partial charge in [0.1, 0.15) is 24.4 Å². The summed E-state index contributed by atoms with van der Waals surface area (Å²) in [5.41, 5.74) is 0. The first-order valence-corrected chi connectivity index (χ1v) is 21.3. The van der Waals surface area contributed by atoms with Gasteiger partial charge in [-0.2, -0.15) is 0 Å². The summed E-state index contributed by atoms with van der Waals surface area (Å²) in [6.45, 7) is 3.61. The van der Waals surface area contributed by atoms with E-state index < -0.39 is 49.5 Å². The van der Waals surface area contributed by atoms with E-state index in [0.29, 0.717) is 12.8 Å². The second-order valence-corrected chi connectivity index (χ2v) is 14.4. The summed E-state index contributed by atoms with van der Waals surface area (Å²) in [7, 11) is 0. The number of ether oxygens (including phenoxy) is 2. The maximum absolute atomic E-state index is 12.9. The van der Waals surface area contributed by atoms with Crippen molar-refractivity contribution in [2.24, 2.45) is 0 Å². The van der Waals surface area contributed by atoms with Gasteiger partial charge >= 0.3 is 0 Å². The van der Waals surface area contributed by atoms with Crippen molar-refractivity contribution >= 4 is 5.91 Å². The molecule has 1 aliphatic heterocycles. The van der Waals surface area contributed by atoms with E-state index in [1.165, 1.54) is 25.7 Å². The molecule has 0 aromatic heterocycles. The van der Waals surface area contributed by atoms with Crippen molar-refractivity contribution in [1.29, 1.82) is 0 Å². The molecular formula is C46H77NO8. The van der Waals surface area contributed by atoms with Crippen LogP contribution >= 0.6 is 0 Å². The lowest BCUT2D eigenvalue weighted by Gasteiger charge is -2.40. The molecule has 314 valence electrons. The van der Waals surface area contributed by atoms with Crippen LogP contribution in [-0.2, 0) is 14.3 Å². The van der Waals surface area contributed by atoms with Gasteiger partial charge in [-0.15, -0.1) is 0 Å². The zero-order valence-corrected chi connectivity index (χ0v) is 34.1. The van der Waals surface area contributed by atoms with E-state index in [9.17, 15) is 30.3 Å². The number of nitrogens with one attached hydrogen (secondary N) is 1. The van der Waals surface area contributed by atoms with Gasteiger partial charge in [0, 0.05) is 6.42 Å². The summed E-state index contributed by atoms with van der Waals surface area (Å²) in [5.74, 6) is -0.186. The molecule has 1 saturated heterocycles. The molecule has 7 atom stereocenters. The van der Waals surface area contributed by atoms with Gasteiger partial charge in [-0.1, -0.05) is 150 Å². The van der Waals surface area contributed by atoms with E-state index in [2.05, 4.69) is 104 Å². The average Bonchev–Trinajstić information content (AvgIpc) is 3.18. The Bertz CT molecular complexity index is 1130. The first-order chi connectivity index (χ1) is 26.8. The molecule has 0 saturated carbocycles. The third-order valence-corrected chi connectivity index (χ3v) is 9.51. The highest BCUT2D eigenvalue weighted by Gasteiger charge is 2.44. The first kappa shape index (κ1) is 50.4. The molecule has 0 aliphatic carbocycles. The number of carbonyl (C=O) groups is 1. The molecule has 9 nitrogen and oxygen atoms in total. The Hall–Kier alpha value is -2.63. The van der Waals surface area contributed by atoms with Crippen molar-refractivity contribution in [3.63, 3.8) is 0 Å². The lowest BCUT2D eigenvalue weighted by molar-refractivity contribution is -0.302. The molecule has 55 heavy (non-hydrogen) atoms. The summed E-state index contributed by atoms with van der Waals surface area (Å²) < 4.78 is 11.2. The Morgan fingerprint density at radius 3 is 1.65 bits per heavy atom. The summed E-state index contributed by atoms with van der Waals surface area (Å²) in [4.78, 5) is 12.9. The Morgan fingerprint density at radius 2 is 1.13 bits per heavy atom. The number of hydrogen-bond acceptors (Lipinski definition) is 8. The predicted molar refractivity (Wildman–Crippen MR) is 225 cm³/mol. The molecule has 1 fully saturated rings. The number of rotatable bonds is 33. The Morgan fingerprint density at radius 1 is 0.636 bits per heavy atom. The van der Waals surface area contributed by atoms with Crippen LogP contribution in [-0.4, -0.2) is 87.5 Å². The number of aliphatic hydroxyl groups excluding tert-OH is 5. The van der Waals surface area contributed by atoms with Crippen LogP contribution in [0.4, 0.5) is 0 Å². The fourth-order valence-corrected chi connectivity index (χ4v) is 6.08. The number of unbranched alkanes of at least 4 members (excludes halogenated alkanes) is 9. The highest BCUT2D eigenvalue weighted by Crippen LogP contribution is 2.23. The molecule has 1 aliphatic rings. The molecule has 1 heterocycles. The molecule has 7 unspecified atom stereocenters. The van der Waals surface area contributed by atoms with Gasteiger partial charge in [0.2, 0.25) is 5.91 Å². The lowest BCUT2D eigenvalue weighted by atomic mass is 9.99. The summed E-state index contributed by atoms with van der Waals surface area (Å²) >= 11 is 0. The molecule has 0 aromatic carbocycles. The third-order valence-electron chi connectivity index (χ3n) is 9.51. The van der Waals surface area contributed by atoms with Gasteiger partial charge in [-0.3, -0.25) is 4.79 Å². The minimum Gasteiger partial charge on any atom is -0.394 e. The summed E-state index contributed by atoms with van der Waals surface area (Å²) in [6, 6.07) is -0.739. The fourth-order valence-electron chi connectivity index (χ4n) is 6.08. The molecule has 1 rings (SSSR count). The lowest BCUT2D eigenvalue weighted by Crippen LogP contribution is -2.60. The molecular weight excluding hydrogens is 695 g/mol. The first-order valence-electron chi connectivity index (χ1n) is 21.3. The Balaban J connectivity index is 2.30. The van der Waals surface area contributed by atoms with Crippen LogP contribution in [0.3, 0.4) is 0 Å². The van der Waals surface area contributed by atoms with Crippen molar-refractivity contribution < 1.29 is 39.8 Å². The Kier molecular flexibility index (Phi) is 32.8. The van der Waals surface area contributed by atoms with Gasteiger partial charge < -0.3 is 40.3 Å². The molecule has 0 radical (unpaired) electrons. The van der Waals surface area contributed by atoms with Gasteiger partial charge in [-0.05, 0) is 70.6 Å². The maximum Gasteiger partial charge on any atom is 0.220 e. The van der Waals surface area contributed by atoms with E-state index in [4.69, 9.17) is 9.47 Å². The zero-order chi connectivity index (χ0) is 40.2. The third kappa shape index (κ3) is 26.8. The van der Waals surface area contributed by atoms with E-state index in [-0.39, 0.29) is 12.5 Å². The normalized spacial score (nSPS) is 22.2. The summed E-state index contributed by atoms with van der Waals surface area (Å²) in [5, 5.41) is 53.9. The molecule has 9 heteroatoms. The second kappa shape index (κ2) is 35.8. The smallest absolute Gasteiger partial charge is 0.220 e. The topological polar surface area (TPSA) is 149 Å². The maximum atomic E-state index is 12.9.